The average Bonchev–Trinajstić information content (AvgIpc) is 3.03. The molecule has 24 heavy (non-hydrogen) atoms. The van der Waals surface area contributed by atoms with Crippen LogP contribution in [0, 0.1) is 5.41 Å². The fourth-order valence-electron chi connectivity index (χ4n) is 3.83. The molecule has 0 saturated heterocycles. The minimum Gasteiger partial charge on any atom is -0.365 e. The van der Waals surface area contributed by atoms with E-state index in [1.807, 2.05) is 0 Å². The summed E-state index contributed by atoms with van der Waals surface area (Å²) in [6.07, 6.45) is 17.3. The largest absolute Gasteiger partial charge is 0.365 e. The number of nitrogens with zero attached hydrogens (tertiary/aromatic N) is 2. The van der Waals surface area contributed by atoms with E-state index < -0.39 is 6.10 Å². The molecule has 0 radical (unpaired) electrons. The Hall–Kier alpha value is -0.930. The van der Waals surface area contributed by atoms with Gasteiger partial charge in [-0.1, -0.05) is 96.5 Å². The minimum absolute atomic E-state index is 0.0835. The molecule has 0 aliphatic carbocycles. The molecule has 4 nitrogen and oxygen atoms in total. The maximum absolute atomic E-state index is 11.9. The fourth-order valence-corrected chi connectivity index (χ4v) is 3.83. The molecule has 0 saturated carbocycles. The van der Waals surface area contributed by atoms with E-state index in [0.717, 1.165) is 19.3 Å². The lowest BCUT2D eigenvalue weighted by Crippen LogP contribution is -2.38. The van der Waals surface area contributed by atoms with E-state index in [0.29, 0.717) is 0 Å². The van der Waals surface area contributed by atoms with E-state index in [2.05, 4.69) is 31.2 Å². The molecule has 0 aromatic heterocycles. The molecular formula is C20H38N2O2. The Balaban J connectivity index is 2.10. The second-order valence-corrected chi connectivity index (χ2v) is 7.36. The van der Waals surface area contributed by atoms with Crippen LogP contribution >= 0.6 is 0 Å². The second kappa shape index (κ2) is 12.4. The first-order chi connectivity index (χ1) is 11.7. The summed E-state index contributed by atoms with van der Waals surface area (Å²) in [4.78, 5) is 17.1. The summed E-state index contributed by atoms with van der Waals surface area (Å²) in [6.45, 7) is 6.57. The van der Waals surface area contributed by atoms with Gasteiger partial charge >= 0.3 is 5.91 Å². The number of amides is 1. The highest BCUT2D eigenvalue weighted by Crippen LogP contribution is 2.40. The highest BCUT2D eigenvalue weighted by molar-refractivity contribution is 5.82. The lowest BCUT2D eigenvalue weighted by Gasteiger charge is -2.33. The van der Waals surface area contributed by atoms with Gasteiger partial charge in [-0.25, -0.2) is 0 Å². The predicted molar refractivity (Wildman–Crippen MR) is 98.8 cm³/mol. The summed E-state index contributed by atoms with van der Waals surface area (Å²) in [5, 5.41) is 7.04. The van der Waals surface area contributed by atoms with Gasteiger partial charge in [-0.15, -0.1) is 0 Å². The average molecular weight is 339 g/mol. The quantitative estimate of drug-likeness (QED) is 0.309. The van der Waals surface area contributed by atoms with Gasteiger partial charge in [-0.2, -0.15) is 0 Å². The second-order valence-electron chi connectivity index (χ2n) is 7.36. The number of carbonyl (C=O) groups excluding carboxylic acids is 1. The van der Waals surface area contributed by atoms with Crippen molar-refractivity contribution < 1.29 is 9.63 Å². The smallest absolute Gasteiger partial charge is 0.311 e. The van der Waals surface area contributed by atoms with Crippen molar-refractivity contribution in [2.24, 2.45) is 15.8 Å². The van der Waals surface area contributed by atoms with Gasteiger partial charge < -0.3 is 4.84 Å². The molecule has 1 unspecified atom stereocenters. The van der Waals surface area contributed by atoms with Gasteiger partial charge in [-0.05, 0) is 19.3 Å². The van der Waals surface area contributed by atoms with E-state index in [4.69, 9.17) is 4.84 Å². The monoisotopic (exact) mass is 338 g/mol. The van der Waals surface area contributed by atoms with Crippen molar-refractivity contribution >= 4 is 5.91 Å². The zero-order valence-electron chi connectivity index (χ0n) is 16.2. The molecular weight excluding hydrogens is 300 g/mol. The first-order valence-electron chi connectivity index (χ1n) is 10.3. The van der Waals surface area contributed by atoms with Crippen molar-refractivity contribution in [3.63, 3.8) is 0 Å². The SMILES string of the molecule is CCCCCCCCCCCCCC(CC)(CC)C1ON=NC1=O. The summed E-state index contributed by atoms with van der Waals surface area (Å²) in [6, 6.07) is 0. The maximum Gasteiger partial charge on any atom is 0.311 e. The lowest BCUT2D eigenvalue weighted by molar-refractivity contribution is -0.132. The van der Waals surface area contributed by atoms with Gasteiger partial charge in [-0.3, -0.25) is 4.79 Å². The van der Waals surface area contributed by atoms with Crippen molar-refractivity contribution in [1.29, 1.82) is 0 Å². The molecule has 1 rings (SSSR count). The van der Waals surface area contributed by atoms with E-state index in [-0.39, 0.29) is 11.3 Å². The van der Waals surface area contributed by atoms with Gasteiger partial charge in [0.2, 0.25) is 6.10 Å². The molecule has 1 amide bonds. The standard InChI is InChI=1S/C20H38N2O2/c1-4-7-8-9-10-11-12-13-14-15-16-17-20(5-2,6-3)18-19(23)21-22-24-18/h18H,4-17H2,1-3H3. The molecule has 4 heteroatoms. The van der Waals surface area contributed by atoms with Crippen LogP contribution in [-0.4, -0.2) is 12.0 Å². The lowest BCUT2D eigenvalue weighted by atomic mass is 9.73. The maximum atomic E-state index is 11.9. The van der Waals surface area contributed by atoms with E-state index >= 15 is 0 Å². The van der Waals surface area contributed by atoms with Crippen molar-refractivity contribution in [2.75, 3.05) is 0 Å². The molecule has 140 valence electrons. The van der Waals surface area contributed by atoms with E-state index in [9.17, 15) is 4.79 Å². The van der Waals surface area contributed by atoms with Crippen LogP contribution in [0.15, 0.2) is 10.4 Å². The first kappa shape index (κ1) is 21.1. The Kier molecular flexibility index (Phi) is 10.9. The van der Waals surface area contributed by atoms with Crippen molar-refractivity contribution in [1.82, 2.24) is 0 Å². The van der Waals surface area contributed by atoms with Gasteiger partial charge in [0.1, 0.15) is 0 Å². The molecule has 1 aliphatic rings. The number of carbonyl (C=O) groups is 1. The zero-order chi connectivity index (χ0) is 17.7. The molecule has 0 aromatic rings. The summed E-state index contributed by atoms with van der Waals surface area (Å²) in [7, 11) is 0. The Morgan fingerprint density at radius 3 is 1.75 bits per heavy atom. The zero-order valence-corrected chi connectivity index (χ0v) is 16.2. The Labute approximate surface area is 148 Å². The number of hydrogen-bond donors (Lipinski definition) is 0. The number of rotatable bonds is 15. The third-order valence-electron chi connectivity index (χ3n) is 5.76. The Bertz CT molecular complexity index is 365. The molecule has 0 fully saturated rings. The van der Waals surface area contributed by atoms with Crippen LogP contribution in [0.1, 0.15) is 111 Å². The van der Waals surface area contributed by atoms with Crippen molar-refractivity contribution in [3.05, 3.63) is 0 Å². The minimum atomic E-state index is -0.448. The molecule has 0 bridgehead atoms. The van der Waals surface area contributed by atoms with Crippen LogP contribution in [0.5, 0.6) is 0 Å². The predicted octanol–water partition coefficient (Wildman–Crippen LogP) is 6.79. The van der Waals surface area contributed by atoms with E-state index in [1.54, 1.807) is 0 Å². The molecule has 1 aliphatic heterocycles. The van der Waals surface area contributed by atoms with Crippen LogP contribution in [0.4, 0.5) is 0 Å². The number of unbranched alkanes of at least 4 members (excludes halogenated alkanes) is 10. The van der Waals surface area contributed by atoms with Gasteiger partial charge in [0.15, 0.2) is 0 Å². The molecule has 0 aromatic carbocycles. The van der Waals surface area contributed by atoms with Crippen molar-refractivity contribution in [2.45, 2.75) is 117 Å². The Morgan fingerprint density at radius 1 is 0.833 bits per heavy atom. The van der Waals surface area contributed by atoms with Crippen LogP contribution < -0.4 is 0 Å². The summed E-state index contributed by atoms with van der Waals surface area (Å²) < 4.78 is 0. The number of hydrogen-bond acceptors (Lipinski definition) is 3. The van der Waals surface area contributed by atoms with Crippen molar-refractivity contribution in [3.8, 4) is 0 Å². The molecule has 0 N–H and O–H groups in total. The highest BCUT2D eigenvalue weighted by atomic mass is 16.7. The molecule has 1 atom stereocenters. The third kappa shape index (κ3) is 6.90. The summed E-state index contributed by atoms with van der Waals surface area (Å²) in [5.74, 6) is -0.193. The highest BCUT2D eigenvalue weighted by Gasteiger charge is 2.44. The first-order valence-corrected chi connectivity index (χ1v) is 10.3. The fraction of sp³-hybridized carbons (Fsp3) is 0.950. The molecule has 0 spiro atoms. The van der Waals surface area contributed by atoms with Crippen LogP contribution in [0.3, 0.4) is 0 Å². The normalized spacial score (nSPS) is 17.5. The van der Waals surface area contributed by atoms with Gasteiger partial charge in [0.25, 0.3) is 0 Å². The topological polar surface area (TPSA) is 51.0 Å². The van der Waals surface area contributed by atoms with Crippen LogP contribution in [0.2, 0.25) is 0 Å². The summed E-state index contributed by atoms with van der Waals surface area (Å²) in [5.41, 5.74) is -0.0835. The van der Waals surface area contributed by atoms with Gasteiger partial charge in [0.05, 0.1) is 0 Å². The van der Waals surface area contributed by atoms with E-state index in [1.165, 1.54) is 70.6 Å². The summed E-state index contributed by atoms with van der Waals surface area (Å²) >= 11 is 0. The van der Waals surface area contributed by atoms with Crippen LogP contribution in [0.25, 0.3) is 0 Å². The van der Waals surface area contributed by atoms with Crippen LogP contribution in [-0.2, 0) is 9.63 Å². The molecule has 1 heterocycles. The third-order valence-corrected chi connectivity index (χ3v) is 5.76. The Morgan fingerprint density at radius 2 is 1.33 bits per heavy atom. The van der Waals surface area contributed by atoms with Gasteiger partial charge in [0, 0.05) is 10.7 Å².